The molecule has 1 aromatic heterocycles. The van der Waals surface area contributed by atoms with Gasteiger partial charge >= 0.3 is 5.97 Å². The SMILES string of the molecule is COC(=O)c1ccc(Cc2c(C)nn(C(=N)N)c2C)cc1.Cl. The summed E-state index contributed by atoms with van der Waals surface area (Å²) in [5, 5.41) is 11.7. The first-order chi connectivity index (χ1) is 9.93. The van der Waals surface area contributed by atoms with Crippen molar-refractivity contribution in [3.8, 4) is 0 Å². The molecule has 0 aliphatic heterocycles. The topological polar surface area (TPSA) is 94.0 Å². The summed E-state index contributed by atoms with van der Waals surface area (Å²) >= 11 is 0. The van der Waals surface area contributed by atoms with E-state index in [4.69, 9.17) is 11.1 Å². The van der Waals surface area contributed by atoms with Crippen LogP contribution in [0.3, 0.4) is 0 Å². The molecule has 0 fully saturated rings. The lowest BCUT2D eigenvalue weighted by molar-refractivity contribution is 0.0600. The highest BCUT2D eigenvalue weighted by Gasteiger charge is 2.13. The second-order valence-corrected chi connectivity index (χ2v) is 4.81. The summed E-state index contributed by atoms with van der Waals surface area (Å²) < 4.78 is 6.10. The second kappa shape index (κ2) is 7.09. The van der Waals surface area contributed by atoms with Gasteiger partial charge in [-0.25, -0.2) is 9.48 Å². The Kier molecular flexibility index (Phi) is 5.70. The van der Waals surface area contributed by atoms with E-state index >= 15 is 0 Å². The van der Waals surface area contributed by atoms with Gasteiger partial charge in [-0.15, -0.1) is 12.4 Å². The number of carbonyl (C=O) groups excluding carboxylic acids is 1. The van der Waals surface area contributed by atoms with E-state index in [-0.39, 0.29) is 24.3 Å². The van der Waals surface area contributed by atoms with Crippen molar-refractivity contribution < 1.29 is 9.53 Å². The Balaban J connectivity index is 0.00000242. The van der Waals surface area contributed by atoms with Crippen molar-refractivity contribution in [2.75, 3.05) is 7.11 Å². The van der Waals surface area contributed by atoms with Crippen molar-refractivity contribution in [2.45, 2.75) is 20.3 Å². The summed E-state index contributed by atoms with van der Waals surface area (Å²) in [4.78, 5) is 11.4. The second-order valence-electron chi connectivity index (χ2n) is 4.81. The lowest BCUT2D eigenvalue weighted by Gasteiger charge is -2.05. The largest absolute Gasteiger partial charge is 0.465 e. The summed E-state index contributed by atoms with van der Waals surface area (Å²) in [6.45, 7) is 3.78. The van der Waals surface area contributed by atoms with Gasteiger partial charge in [-0.1, -0.05) is 12.1 Å². The molecule has 7 heteroatoms. The van der Waals surface area contributed by atoms with Gasteiger partial charge in [0.1, 0.15) is 0 Å². The predicted octanol–water partition coefficient (Wildman–Crippen LogP) is 2.04. The van der Waals surface area contributed by atoms with Crippen LogP contribution < -0.4 is 5.73 Å². The smallest absolute Gasteiger partial charge is 0.337 e. The van der Waals surface area contributed by atoms with Crippen LogP contribution in [0.1, 0.15) is 32.9 Å². The quantitative estimate of drug-likeness (QED) is 0.513. The first kappa shape index (κ1) is 17.7. The number of nitrogen functional groups attached to an aromatic ring is 1. The van der Waals surface area contributed by atoms with E-state index in [2.05, 4.69) is 9.84 Å². The number of nitrogens with two attached hydrogens (primary N) is 1. The molecule has 0 bridgehead atoms. The van der Waals surface area contributed by atoms with Crippen LogP contribution in [0.4, 0.5) is 0 Å². The zero-order valence-electron chi connectivity index (χ0n) is 12.7. The number of rotatable bonds is 3. The van der Waals surface area contributed by atoms with Gasteiger partial charge in [0.15, 0.2) is 0 Å². The van der Waals surface area contributed by atoms with Crippen LogP contribution in [0.25, 0.3) is 0 Å². The summed E-state index contributed by atoms with van der Waals surface area (Å²) in [5.41, 5.74) is 9.81. The molecule has 6 nitrogen and oxygen atoms in total. The number of carbonyl (C=O) groups is 1. The Morgan fingerprint density at radius 2 is 1.91 bits per heavy atom. The molecule has 22 heavy (non-hydrogen) atoms. The highest BCUT2D eigenvalue weighted by molar-refractivity contribution is 5.89. The molecule has 0 spiro atoms. The monoisotopic (exact) mass is 322 g/mol. The van der Waals surface area contributed by atoms with E-state index in [1.807, 2.05) is 26.0 Å². The molecule has 1 heterocycles. The van der Waals surface area contributed by atoms with Gasteiger partial charge < -0.3 is 10.5 Å². The molecular weight excluding hydrogens is 304 g/mol. The average Bonchev–Trinajstić information content (AvgIpc) is 2.75. The first-order valence-electron chi connectivity index (χ1n) is 6.50. The van der Waals surface area contributed by atoms with Gasteiger partial charge in [0.25, 0.3) is 0 Å². The van der Waals surface area contributed by atoms with Crippen molar-refractivity contribution >= 4 is 24.3 Å². The van der Waals surface area contributed by atoms with E-state index in [0.717, 1.165) is 22.5 Å². The van der Waals surface area contributed by atoms with Gasteiger partial charge in [0.2, 0.25) is 5.96 Å². The number of ether oxygens (including phenoxy) is 1. The summed E-state index contributed by atoms with van der Waals surface area (Å²) in [6, 6.07) is 7.24. The summed E-state index contributed by atoms with van der Waals surface area (Å²) in [7, 11) is 1.36. The van der Waals surface area contributed by atoms with E-state index < -0.39 is 0 Å². The summed E-state index contributed by atoms with van der Waals surface area (Å²) in [6.07, 6.45) is 0.673. The highest BCUT2D eigenvalue weighted by atomic mass is 35.5. The molecule has 0 saturated heterocycles. The number of benzene rings is 1. The normalized spacial score (nSPS) is 9.95. The molecule has 0 unspecified atom stereocenters. The third-order valence-electron chi connectivity index (χ3n) is 3.43. The van der Waals surface area contributed by atoms with Gasteiger partial charge in [-0.05, 0) is 31.5 Å². The average molecular weight is 323 g/mol. The number of methoxy groups -OCH3 is 1. The van der Waals surface area contributed by atoms with E-state index in [1.54, 1.807) is 12.1 Å². The van der Waals surface area contributed by atoms with Gasteiger partial charge in [0, 0.05) is 17.7 Å². The van der Waals surface area contributed by atoms with Crippen molar-refractivity contribution in [2.24, 2.45) is 5.73 Å². The van der Waals surface area contributed by atoms with Crippen LogP contribution in [0.2, 0.25) is 0 Å². The molecule has 0 saturated carbocycles. The number of esters is 1. The van der Waals surface area contributed by atoms with Crippen molar-refractivity contribution in [1.82, 2.24) is 9.78 Å². The molecule has 2 aromatic rings. The zero-order chi connectivity index (χ0) is 15.6. The van der Waals surface area contributed by atoms with Gasteiger partial charge in [0.05, 0.1) is 18.4 Å². The molecule has 0 amide bonds. The molecule has 0 aliphatic rings. The lowest BCUT2D eigenvalue weighted by atomic mass is 10.0. The van der Waals surface area contributed by atoms with Crippen LogP contribution in [-0.4, -0.2) is 28.8 Å². The number of hydrogen-bond donors (Lipinski definition) is 2. The minimum Gasteiger partial charge on any atom is -0.465 e. The predicted molar refractivity (Wildman–Crippen MR) is 86.8 cm³/mol. The van der Waals surface area contributed by atoms with E-state index in [9.17, 15) is 4.79 Å². The van der Waals surface area contributed by atoms with Crippen LogP contribution in [-0.2, 0) is 11.2 Å². The highest BCUT2D eigenvalue weighted by Crippen LogP contribution is 2.18. The molecule has 1 aromatic carbocycles. The maximum absolute atomic E-state index is 11.4. The molecule has 0 radical (unpaired) electrons. The molecular formula is C15H19ClN4O2. The number of aromatic nitrogens is 2. The third-order valence-corrected chi connectivity index (χ3v) is 3.43. The van der Waals surface area contributed by atoms with Gasteiger partial charge in [-0.3, -0.25) is 5.41 Å². The number of nitrogens with zero attached hydrogens (tertiary/aromatic N) is 2. The van der Waals surface area contributed by atoms with Crippen LogP contribution >= 0.6 is 12.4 Å². The Morgan fingerprint density at radius 3 is 2.36 bits per heavy atom. The van der Waals surface area contributed by atoms with E-state index in [1.165, 1.54) is 11.8 Å². The number of halogens is 1. The van der Waals surface area contributed by atoms with Crippen molar-refractivity contribution in [1.29, 1.82) is 5.41 Å². The maximum atomic E-state index is 11.4. The molecule has 0 atom stereocenters. The minimum absolute atomic E-state index is 0. The molecule has 2 rings (SSSR count). The maximum Gasteiger partial charge on any atom is 0.337 e. The standard InChI is InChI=1S/C15H18N4O2.ClH/c1-9-13(10(2)19(18-9)15(16)17)8-11-4-6-12(7-5-11)14(20)21-3;/h4-7H,8H2,1-3H3,(H3,16,17);1H. The lowest BCUT2D eigenvalue weighted by Crippen LogP contribution is -2.23. The number of hydrogen-bond acceptors (Lipinski definition) is 4. The fraction of sp³-hybridized carbons (Fsp3) is 0.267. The zero-order valence-corrected chi connectivity index (χ0v) is 13.5. The molecule has 3 N–H and O–H groups in total. The summed E-state index contributed by atoms with van der Waals surface area (Å²) in [5.74, 6) is -0.443. The Hall–Kier alpha value is -2.34. The first-order valence-corrected chi connectivity index (χ1v) is 6.50. The fourth-order valence-corrected chi connectivity index (χ4v) is 2.25. The fourth-order valence-electron chi connectivity index (χ4n) is 2.25. The Morgan fingerprint density at radius 1 is 1.32 bits per heavy atom. The van der Waals surface area contributed by atoms with Crippen LogP contribution in [0, 0.1) is 19.3 Å². The van der Waals surface area contributed by atoms with E-state index in [0.29, 0.717) is 12.0 Å². The Bertz CT molecular complexity index is 692. The number of aryl methyl sites for hydroxylation is 1. The Labute approximate surface area is 135 Å². The number of nitrogens with one attached hydrogen (secondary N) is 1. The van der Waals surface area contributed by atoms with Crippen molar-refractivity contribution in [3.63, 3.8) is 0 Å². The molecule has 0 aliphatic carbocycles. The van der Waals surface area contributed by atoms with Gasteiger partial charge in [-0.2, -0.15) is 5.10 Å². The van der Waals surface area contributed by atoms with Crippen LogP contribution in [0.5, 0.6) is 0 Å². The van der Waals surface area contributed by atoms with Crippen molar-refractivity contribution in [3.05, 3.63) is 52.3 Å². The molecule has 118 valence electrons. The van der Waals surface area contributed by atoms with Crippen LogP contribution in [0.15, 0.2) is 24.3 Å². The minimum atomic E-state index is -0.349. The third kappa shape index (κ3) is 3.46.